The summed E-state index contributed by atoms with van der Waals surface area (Å²) in [4.78, 5) is 17.2. The Balaban J connectivity index is 1.87. The first-order valence-electron chi connectivity index (χ1n) is 7.74. The van der Waals surface area contributed by atoms with E-state index in [1.165, 1.54) is 4.68 Å². The Labute approximate surface area is 142 Å². The third kappa shape index (κ3) is 2.30. The van der Waals surface area contributed by atoms with Gasteiger partial charge in [0.05, 0.1) is 11.0 Å². The molecule has 0 fully saturated rings. The lowest BCUT2D eigenvalue weighted by Crippen LogP contribution is -2.26. The Morgan fingerprint density at radius 3 is 2.83 bits per heavy atom. The molecule has 4 aromatic rings. The van der Waals surface area contributed by atoms with Crippen LogP contribution < -0.4 is 5.56 Å². The van der Waals surface area contributed by atoms with Gasteiger partial charge in [-0.05, 0) is 44.2 Å². The molecule has 0 bridgehead atoms. The van der Waals surface area contributed by atoms with Gasteiger partial charge in [-0.2, -0.15) is 5.10 Å². The van der Waals surface area contributed by atoms with Gasteiger partial charge < -0.3 is 8.97 Å². The number of rotatable bonds is 3. The van der Waals surface area contributed by atoms with Crippen molar-refractivity contribution in [3.8, 4) is 0 Å². The van der Waals surface area contributed by atoms with Gasteiger partial charge in [0, 0.05) is 17.3 Å². The summed E-state index contributed by atoms with van der Waals surface area (Å²) in [6, 6.07) is 9.47. The van der Waals surface area contributed by atoms with Crippen molar-refractivity contribution < 1.29 is 0 Å². The van der Waals surface area contributed by atoms with Gasteiger partial charge in [0.15, 0.2) is 0 Å². The standard InChI is InChI=1S/C17H16ClN5O/c1-11(2)23-14-6-5-12(18)8-13(14)20-16(23)9-22-17(24)15-4-3-7-21(15)10-19-22/h3-8,10-11H,9H2,1-2H3. The molecule has 0 saturated heterocycles. The zero-order valence-electron chi connectivity index (χ0n) is 13.3. The molecule has 0 atom stereocenters. The molecular formula is C17H16ClN5O. The number of nitrogens with zero attached hydrogens (tertiary/aromatic N) is 5. The lowest BCUT2D eigenvalue weighted by molar-refractivity contribution is 0.535. The van der Waals surface area contributed by atoms with Crippen LogP contribution in [-0.4, -0.2) is 23.7 Å². The van der Waals surface area contributed by atoms with Crippen LogP contribution in [0.4, 0.5) is 0 Å². The average molecular weight is 342 g/mol. The summed E-state index contributed by atoms with van der Waals surface area (Å²) in [5.41, 5.74) is 2.28. The number of aromatic nitrogens is 5. The van der Waals surface area contributed by atoms with Gasteiger partial charge in [-0.15, -0.1) is 0 Å². The second-order valence-corrected chi connectivity index (χ2v) is 6.46. The molecule has 0 radical (unpaired) electrons. The topological polar surface area (TPSA) is 57.1 Å². The lowest BCUT2D eigenvalue weighted by Gasteiger charge is -2.13. The van der Waals surface area contributed by atoms with E-state index >= 15 is 0 Å². The van der Waals surface area contributed by atoms with E-state index in [0.717, 1.165) is 16.9 Å². The largest absolute Gasteiger partial charge is 0.324 e. The van der Waals surface area contributed by atoms with Crippen LogP contribution in [0.5, 0.6) is 0 Å². The molecule has 0 saturated carbocycles. The first-order valence-corrected chi connectivity index (χ1v) is 8.11. The Morgan fingerprint density at radius 1 is 1.21 bits per heavy atom. The summed E-state index contributed by atoms with van der Waals surface area (Å²) in [6.45, 7) is 4.49. The van der Waals surface area contributed by atoms with Crippen LogP contribution in [0.15, 0.2) is 47.7 Å². The quantitative estimate of drug-likeness (QED) is 0.575. The number of hydrogen-bond donors (Lipinski definition) is 0. The molecule has 0 aliphatic carbocycles. The summed E-state index contributed by atoms with van der Waals surface area (Å²) in [6.07, 6.45) is 3.44. The molecule has 0 N–H and O–H groups in total. The number of fused-ring (bicyclic) bond motifs is 2. The van der Waals surface area contributed by atoms with E-state index in [4.69, 9.17) is 11.6 Å². The minimum Gasteiger partial charge on any atom is -0.324 e. The van der Waals surface area contributed by atoms with Gasteiger partial charge in [0.1, 0.15) is 24.2 Å². The van der Waals surface area contributed by atoms with E-state index in [9.17, 15) is 4.79 Å². The van der Waals surface area contributed by atoms with Gasteiger partial charge in [0.25, 0.3) is 5.56 Å². The fourth-order valence-electron chi connectivity index (χ4n) is 3.03. The van der Waals surface area contributed by atoms with Crippen LogP contribution in [0.3, 0.4) is 0 Å². The highest BCUT2D eigenvalue weighted by molar-refractivity contribution is 6.31. The van der Waals surface area contributed by atoms with Crippen LogP contribution in [0.2, 0.25) is 5.02 Å². The van der Waals surface area contributed by atoms with Gasteiger partial charge >= 0.3 is 0 Å². The smallest absolute Gasteiger partial charge is 0.291 e. The molecular weight excluding hydrogens is 326 g/mol. The fraction of sp³-hybridized carbons (Fsp3) is 0.235. The average Bonchev–Trinajstić information content (AvgIpc) is 3.13. The monoisotopic (exact) mass is 341 g/mol. The molecule has 3 heterocycles. The summed E-state index contributed by atoms with van der Waals surface area (Å²) < 4.78 is 5.27. The summed E-state index contributed by atoms with van der Waals surface area (Å²) in [7, 11) is 0. The zero-order chi connectivity index (χ0) is 16.8. The minimum atomic E-state index is -0.136. The van der Waals surface area contributed by atoms with Gasteiger partial charge in [0.2, 0.25) is 0 Å². The van der Waals surface area contributed by atoms with Gasteiger partial charge in [-0.25, -0.2) is 9.67 Å². The Hall–Kier alpha value is -2.60. The van der Waals surface area contributed by atoms with Gasteiger partial charge in [-0.1, -0.05) is 11.6 Å². The second kappa shape index (κ2) is 5.49. The van der Waals surface area contributed by atoms with Crippen molar-refractivity contribution in [2.24, 2.45) is 0 Å². The van der Waals surface area contributed by atoms with E-state index in [0.29, 0.717) is 17.1 Å². The fourth-order valence-corrected chi connectivity index (χ4v) is 3.20. The molecule has 1 aromatic carbocycles. The maximum atomic E-state index is 12.6. The van der Waals surface area contributed by atoms with E-state index in [1.54, 1.807) is 23.0 Å². The second-order valence-electron chi connectivity index (χ2n) is 6.02. The van der Waals surface area contributed by atoms with Crippen LogP contribution >= 0.6 is 11.6 Å². The van der Waals surface area contributed by atoms with E-state index in [1.807, 2.05) is 24.3 Å². The molecule has 0 aliphatic heterocycles. The maximum Gasteiger partial charge on any atom is 0.291 e. The molecule has 0 amide bonds. The van der Waals surface area contributed by atoms with Crippen molar-refractivity contribution in [1.29, 1.82) is 0 Å². The molecule has 0 spiro atoms. The molecule has 4 rings (SSSR count). The molecule has 0 unspecified atom stereocenters. The Morgan fingerprint density at radius 2 is 2.04 bits per heavy atom. The molecule has 7 heteroatoms. The first-order chi connectivity index (χ1) is 11.5. The van der Waals surface area contributed by atoms with Crippen molar-refractivity contribution in [3.05, 3.63) is 64.1 Å². The number of hydrogen-bond acceptors (Lipinski definition) is 3. The molecule has 6 nitrogen and oxygen atoms in total. The van der Waals surface area contributed by atoms with E-state index in [2.05, 4.69) is 28.5 Å². The van der Waals surface area contributed by atoms with Gasteiger partial charge in [-0.3, -0.25) is 4.79 Å². The lowest BCUT2D eigenvalue weighted by atomic mass is 10.3. The normalized spacial score (nSPS) is 11.8. The summed E-state index contributed by atoms with van der Waals surface area (Å²) >= 11 is 6.08. The summed E-state index contributed by atoms with van der Waals surface area (Å²) in [5, 5.41) is 4.90. The first kappa shape index (κ1) is 15.0. The molecule has 3 aromatic heterocycles. The highest BCUT2D eigenvalue weighted by atomic mass is 35.5. The van der Waals surface area contributed by atoms with Crippen molar-refractivity contribution in [1.82, 2.24) is 23.7 Å². The van der Waals surface area contributed by atoms with Crippen LogP contribution in [0.1, 0.15) is 25.7 Å². The predicted molar refractivity (Wildman–Crippen MR) is 93.7 cm³/mol. The highest BCUT2D eigenvalue weighted by Crippen LogP contribution is 2.24. The third-order valence-electron chi connectivity index (χ3n) is 4.08. The Bertz CT molecular complexity index is 1110. The molecule has 0 aliphatic rings. The highest BCUT2D eigenvalue weighted by Gasteiger charge is 2.15. The molecule has 24 heavy (non-hydrogen) atoms. The van der Waals surface area contributed by atoms with Crippen molar-refractivity contribution in [2.45, 2.75) is 26.4 Å². The van der Waals surface area contributed by atoms with Crippen LogP contribution in [0.25, 0.3) is 16.6 Å². The SMILES string of the molecule is CC(C)n1c(Cn2ncn3cccc3c2=O)nc2cc(Cl)ccc21. The maximum absolute atomic E-state index is 12.6. The van der Waals surface area contributed by atoms with Crippen molar-refractivity contribution >= 4 is 28.2 Å². The molecule has 122 valence electrons. The third-order valence-corrected chi connectivity index (χ3v) is 4.32. The minimum absolute atomic E-state index is 0.136. The van der Waals surface area contributed by atoms with E-state index < -0.39 is 0 Å². The van der Waals surface area contributed by atoms with Crippen LogP contribution in [-0.2, 0) is 6.54 Å². The number of imidazole rings is 1. The predicted octanol–water partition coefficient (Wildman–Crippen LogP) is 3.13. The zero-order valence-corrected chi connectivity index (χ0v) is 14.1. The Kier molecular flexibility index (Phi) is 3.42. The van der Waals surface area contributed by atoms with E-state index in [-0.39, 0.29) is 11.6 Å². The number of halogens is 1. The number of benzene rings is 1. The van der Waals surface area contributed by atoms with Crippen LogP contribution in [0, 0.1) is 0 Å². The van der Waals surface area contributed by atoms with Crippen molar-refractivity contribution in [2.75, 3.05) is 0 Å². The summed E-state index contributed by atoms with van der Waals surface area (Å²) in [5.74, 6) is 0.785. The van der Waals surface area contributed by atoms with Crippen molar-refractivity contribution in [3.63, 3.8) is 0 Å².